The molecule has 2 heterocycles. The van der Waals surface area contributed by atoms with Crippen molar-refractivity contribution in [1.29, 1.82) is 0 Å². The van der Waals surface area contributed by atoms with Gasteiger partial charge in [-0.15, -0.1) is 0 Å². The summed E-state index contributed by atoms with van der Waals surface area (Å²) in [6, 6.07) is 4.12. The molecule has 2 aliphatic heterocycles. The number of benzene rings is 1. The van der Waals surface area contributed by atoms with Crippen molar-refractivity contribution in [2.24, 2.45) is 5.41 Å². The molecule has 1 saturated heterocycles. The van der Waals surface area contributed by atoms with Crippen LogP contribution in [0.1, 0.15) is 57.1 Å². The van der Waals surface area contributed by atoms with Crippen LogP contribution in [0.2, 0.25) is 5.02 Å². The van der Waals surface area contributed by atoms with E-state index in [0.29, 0.717) is 0 Å². The van der Waals surface area contributed by atoms with E-state index < -0.39 is 0 Å². The minimum absolute atomic E-state index is 0.0275. The predicted octanol–water partition coefficient (Wildman–Crippen LogP) is 4.14. The highest BCUT2D eigenvalue weighted by Crippen LogP contribution is 2.47. The van der Waals surface area contributed by atoms with Crippen LogP contribution in [0.15, 0.2) is 12.1 Å². The van der Waals surface area contributed by atoms with Gasteiger partial charge in [0.15, 0.2) is 0 Å². The molecule has 0 amide bonds. The molecule has 1 saturated carbocycles. The highest BCUT2D eigenvalue weighted by molar-refractivity contribution is 6.30. The number of halogens is 1. The molecule has 24 heavy (non-hydrogen) atoms. The number of aliphatic hydroxyl groups excluding tert-OH is 1. The molecule has 0 bridgehead atoms. The Hall–Kier alpha value is -0.770. The van der Waals surface area contributed by atoms with Crippen molar-refractivity contribution in [3.05, 3.63) is 28.3 Å². The number of fused-ring (bicyclic) bond motifs is 1. The normalized spacial score (nSPS) is 32.1. The molecule has 4 heteroatoms. The maximum atomic E-state index is 10.5. The van der Waals surface area contributed by atoms with E-state index >= 15 is 0 Å². The first-order valence-electron chi connectivity index (χ1n) is 9.26. The van der Waals surface area contributed by atoms with Crippen LogP contribution in [0.3, 0.4) is 0 Å². The van der Waals surface area contributed by atoms with Crippen molar-refractivity contribution in [2.75, 3.05) is 19.7 Å². The molecule has 0 unspecified atom stereocenters. The Balaban J connectivity index is 1.58. The Morgan fingerprint density at radius 1 is 1.29 bits per heavy atom. The molecule has 0 aromatic heterocycles. The van der Waals surface area contributed by atoms with E-state index in [0.717, 1.165) is 43.4 Å². The fraction of sp³-hybridized carbons (Fsp3) is 0.700. The van der Waals surface area contributed by atoms with Crippen molar-refractivity contribution >= 4 is 11.6 Å². The van der Waals surface area contributed by atoms with Gasteiger partial charge in [0.05, 0.1) is 12.7 Å². The maximum Gasteiger partial charge on any atom is 0.127 e. The van der Waals surface area contributed by atoms with Crippen LogP contribution in [0, 0.1) is 5.41 Å². The summed E-state index contributed by atoms with van der Waals surface area (Å²) in [7, 11) is 0. The summed E-state index contributed by atoms with van der Waals surface area (Å²) in [6.07, 6.45) is 5.52. The summed E-state index contributed by atoms with van der Waals surface area (Å²) in [4.78, 5) is 2.50. The van der Waals surface area contributed by atoms with Gasteiger partial charge < -0.3 is 9.84 Å². The number of rotatable bonds is 2. The van der Waals surface area contributed by atoms with Crippen molar-refractivity contribution in [3.63, 3.8) is 0 Å². The van der Waals surface area contributed by atoms with Gasteiger partial charge >= 0.3 is 0 Å². The monoisotopic (exact) mass is 349 g/mol. The van der Waals surface area contributed by atoms with Crippen LogP contribution in [0.4, 0.5) is 0 Å². The summed E-state index contributed by atoms with van der Waals surface area (Å²) >= 11 is 6.40. The lowest BCUT2D eigenvalue weighted by Gasteiger charge is -2.42. The lowest BCUT2D eigenvalue weighted by Crippen LogP contribution is -2.46. The molecular formula is C20H28ClNO2. The van der Waals surface area contributed by atoms with Crippen molar-refractivity contribution in [1.82, 2.24) is 4.90 Å². The summed E-state index contributed by atoms with van der Waals surface area (Å²) in [5.41, 5.74) is 2.59. The predicted molar refractivity (Wildman–Crippen MR) is 96.8 cm³/mol. The van der Waals surface area contributed by atoms with Gasteiger partial charge in [0.2, 0.25) is 0 Å². The second-order valence-corrected chi connectivity index (χ2v) is 9.14. The molecule has 0 radical (unpaired) electrons. The van der Waals surface area contributed by atoms with Crippen LogP contribution in [0.25, 0.3) is 0 Å². The van der Waals surface area contributed by atoms with E-state index in [4.69, 9.17) is 16.3 Å². The van der Waals surface area contributed by atoms with Crippen molar-refractivity contribution in [2.45, 2.75) is 64.0 Å². The van der Waals surface area contributed by atoms with Crippen molar-refractivity contribution < 1.29 is 9.84 Å². The number of likely N-dealkylation sites (tertiary alicyclic amines) is 1. The summed E-state index contributed by atoms with van der Waals surface area (Å²) in [6.45, 7) is 8.11. The molecule has 1 aromatic carbocycles. The smallest absolute Gasteiger partial charge is 0.127 e. The van der Waals surface area contributed by atoms with E-state index in [9.17, 15) is 5.11 Å². The Morgan fingerprint density at radius 2 is 2.08 bits per heavy atom. The topological polar surface area (TPSA) is 32.7 Å². The molecular weight excluding hydrogens is 322 g/mol. The minimum atomic E-state index is -0.124. The van der Waals surface area contributed by atoms with E-state index in [-0.39, 0.29) is 16.9 Å². The molecule has 2 fully saturated rings. The van der Waals surface area contributed by atoms with Crippen LogP contribution < -0.4 is 4.74 Å². The Bertz CT molecular complexity index is 645. The van der Waals surface area contributed by atoms with Crippen LogP contribution in [-0.2, 0) is 12.0 Å². The third-order valence-corrected chi connectivity index (χ3v) is 6.60. The first-order valence-corrected chi connectivity index (χ1v) is 9.64. The van der Waals surface area contributed by atoms with Crippen LogP contribution >= 0.6 is 11.6 Å². The average Bonchev–Trinajstić information content (AvgIpc) is 3.01. The molecule has 132 valence electrons. The zero-order valence-corrected chi connectivity index (χ0v) is 15.5. The molecule has 1 aromatic rings. The summed E-state index contributed by atoms with van der Waals surface area (Å²) in [5.74, 6) is 1.04. The van der Waals surface area contributed by atoms with Gasteiger partial charge in [-0.25, -0.2) is 0 Å². The number of piperidine rings is 1. The number of nitrogens with zero attached hydrogens (tertiary/aromatic N) is 1. The average molecular weight is 350 g/mol. The highest BCUT2D eigenvalue weighted by atomic mass is 35.5. The molecule has 2 atom stereocenters. The largest absolute Gasteiger partial charge is 0.492 e. The fourth-order valence-electron chi connectivity index (χ4n) is 5.00. The number of hydrogen-bond acceptors (Lipinski definition) is 3. The molecule has 1 N–H and O–H groups in total. The Morgan fingerprint density at radius 3 is 2.83 bits per heavy atom. The second kappa shape index (κ2) is 5.89. The van der Waals surface area contributed by atoms with Gasteiger partial charge in [-0.2, -0.15) is 0 Å². The Kier molecular flexibility index (Phi) is 4.10. The molecule has 3 aliphatic rings. The Labute approximate surface area is 149 Å². The third kappa shape index (κ3) is 2.75. The van der Waals surface area contributed by atoms with E-state index in [1.807, 2.05) is 0 Å². The fourth-order valence-corrected chi connectivity index (χ4v) is 5.24. The van der Waals surface area contributed by atoms with Gasteiger partial charge in [-0.3, -0.25) is 4.90 Å². The zero-order valence-electron chi connectivity index (χ0n) is 14.8. The van der Waals surface area contributed by atoms with Crippen LogP contribution in [-0.4, -0.2) is 35.8 Å². The maximum absolute atomic E-state index is 10.5. The SMILES string of the molecule is CC1(C)COc2c(CN3CCC[C@@]4(CCC[C@H]4O)C3)cc(Cl)cc21. The van der Waals surface area contributed by atoms with Crippen LogP contribution in [0.5, 0.6) is 5.75 Å². The molecule has 3 nitrogen and oxygen atoms in total. The number of ether oxygens (including phenoxy) is 1. The first kappa shape index (κ1) is 16.7. The lowest BCUT2D eigenvalue weighted by atomic mass is 9.76. The quantitative estimate of drug-likeness (QED) is 0.871. The van der Waals surface area contributed by atoms with Gasteiger partial charge in [0.25, 0.3) is 0 Å². The van der Waals surface area contributed by atoms with E-state index in [1.54, 1.807) is 0 Å². The molecule has 1 spiro atoms. The number of aliphatic hydroxyl groups is 1. The van der Waals surface area contributed by atoms with Gasteiger partial charge in [-0.05, 0) is 44.4 Å². The van der Waals surface area contributed by atoms with Gasteiger partial charge in [0, 0.05) is 40.1 Å². The summed E-state index contributed by atoms with van der Waals surface area (Å²) in [5, 5.41) is 11.3. The lowest BCUT2D eigenvalue weighted by molar-refractivity contribution is -0.0121. The van der Waals surface area contributed by atoms with Gasteiger partial charge in [0.1, 0.15) is 5.75 Å². The third-order valence-electron chi connectivity index (χ3n) is 6.38. The number of hydrogen-bond donors (Lipinski definition) is 1. The van der Waals surface area contributed by atoms with E-state index in [1.165, 1.54) is 36.8 Å². The highest BCUT2D eigenvalue weighted by Gasteiger charge is 2.45. The minimum Gasteiger partial charge on any atom is -0.492 e. The standard InChI is InChI=1S/C20H28ClNO2/c1-19(2)13-24-18-14(9-15(21)10-16(18)19)11-22-8-4-7-20(12-22)6-3-5-17(20)23/h9-10,17,23H,3-8,11-13H2,1-2H3/t17-,20+/m1/s1. The van der Waals surface area contributed by atoms with Gasteiger partial charge in [-0.1, -0.05) is 31.9 Å². The molecule has 1 aliphatic carbocycles. The summed E-state index contributed by atoms with van der Waals surface area (Å²) < 4.78 is 6.04. The zero-order chi connectivity index (χ0) is 16.9. The van der Waals surface area contributed by atoms with E-state index in [2.05, 4.69) is 30.9 Å². The first-order chi connectivity index (χ1) is 11.4. The second-order valence-electron chi connectivity index (χ2n) is 8.70. The molecule has 4 rings (SSSR count). The van der Waals surface area contributed by atoms with Crippen molar-refractivity contribution in [3.8, 4) is 5.75 Å².